The highest BCUT2D eigenvalue weighted by molar-refractivity contribution is 7.89. The van der Waals surface area contributed by atoms with Gasteiger partial charge in [-0.1, -0.05) is 30.3 Å². The Morgan fingerprint density at radius 3 is 2.26 bits per heavy atom. The minimum absolute atomic E-state index is 0.0211. The molecule has 0 aromatic heterocycles. The van der Waals surface area contributed by atoms with E-state index in [1.807, 2.05) is 44.2 Å². The Kier molecular flexibility index (Phi) is 7.38. The van der Waals surface area contributed by atoms with Crippen LogP contribution >= 0.6 is 0 Å². The van der Waals surface area contributed by atoms with Crippen molar-refractivity contribution in [2.45, 2.75) is 38.3 Å². The lowest BCUT2D eigenvalue weighted by Gasteiger charge is -2.21. The van der Waals surface area contributed by atoms with Crippen molar-refractivity contribution in [2.75, 3.05) is 13.1 Å². The van der Waals surface area contributed by atoms with Gasteiger partial charge in [0, 0.05) is 26.6 Å². The van der Waals surface area contributed by atoms with Crippen molar-refractivity contribution in [1.29, 1.82) is 0 Å². The monoisotopic (exact) mass is 390 g/mol. The van der Waals surface area contributed by atoms with Gasteiger partial charge in [-0.3, -0.25) is 4.79 Å². The van der Waals surface area contributed by atoms with E-state index < -0.39 is 10.0 Å². The number of ether oxygens (including phenoxy) is 1. The molecule has 1 N–H and O–H groups in total. The highest BCUT2D eigenvalue weighted by Gasteiger charge is 2.15. The smallest absolute Gasteiger partial charge is 0.240 e. The predicted octanol–water partition coefficient (Wildman–Crippen LogP) is 2.80. The Labute approximate surface area is 161 Å². The van der Waals surface area contributed by atoms with E-state index in [0.717, 1.165) is 5.56 Å². The Morgan fingerprint density at radius 1 is 1.07 bits per heavy atom. The van der Waals surface area contributed by atoms with Gasteiger partial charge in [0.05, 0.1) is 11.0 Å². The molecule has 6 nitrogen and oxygen atoms in total. The number of benzene rings is 2. The van der Waals surface area contributed by atoms with E-state index in [9.17, 15) is 13.2 Å². The van der Waals surface area contributed by atoms with Crippen LogP contribution in [-0.4, -0.2) is 38.4 Å². The fraction of sp³-hybridized carbons (Fsp3) is 0.350. The van der Waals surface area contributed by atoms with Crippen molar-refractivity contribution in [3.8, 4) is 5.75 Å². The summed E-state index contributed by atoms with van der Waals surface area (Å²) in [4.78, 5) is 13.6. The van der Waals surface area contributed by atoms with Gasteiger partial charge in [-0.25, -0.2) is 13.1 Å². The average Bonchev–Trinajstić information content (AvgIpc) is 2.61. The van der Waals surface area contributed by atoms with E-state index in [0.29, 0.717) is 12.3 Å². The predicted molar refractivity (Wildman–Crippen MR) is 105 cm³/mol. The van der Waals surface area contributed by atoms with E-state index >= 15 is 0 Å². The molecule has 0 saturated carbocycles. The first-order valence-corrected chi connectivity index (χ1v) is 10.3. The zero-order valence-electron chi connectivity index (χ0n) is 15.9. The van der Waals surface area contributed by atoms with E-state index in [4.69, 9.17) is 4.74 Å². The van der Waals surface area contributed by atoms with Crippen molar-refractivity contribution < 1.29 is 17.9 Å². The van der Waals surface area contributed by atoms with Gasteiger partial charge in [-0.15, -0.1) is 0 Å². The Hall–Kier alpha value is -2.38. The maximum atomic E-state index is 12.4. The molecule has 0 aliphatic heterocycles. The van der Waals surface area contributed by atoms with Crippen LogP contribution in [0.2, 0.25) is 0 Å². The second-order valence-corrected chi connectivity index (χ2v) is 8.23. The van der Waals surface area contributed by atoms with Crippen LogP contribution < -0.4 is 9.46 Å². The van der Waals surface area contributed by atoms with Crippen LogP contribution in [0.15, 0.2) is 59.5 Å². The van der Waals surface area contributed by atoms with Crippen LogP contribution in [0.25, 0.3) is 0 Å². The third-order valence-corrected chi connectivity index (χ3v) is 5.32. The largest absolute Gasteiger partial charge is 0.491 e. The number of sulfonamides is 1. The number of amides is 1. The van der Waals surface area contributed by atoms with Gasteiger partial charge < -0.3 is 9.64 Å². The van der Waals surface area contributed by atoms with Gasteiger partial charge in [-0.2, -0.15) is 0 Å². The third kappa shape index (κ3) is 6.69. The lowest BCUT2D eigenvalue weighted by atomic mass is 10.2. The summed E-state index contributed by atoms with van der Waals surface area (Å²) in [5, 5.41) is 0. The molecule has 0 aliphatic rings. The summed E-state index contributed by atoms with van der Waals surface area (Å²) in [6.45, 7) is 6.16. The summed E-state index contributed by atoms with van der Waals surface area (Å²) < 4.78 is 32.9. The first-order chi connectivity index (χ1) is 12.8. The molecule has 0 radical (unpaired) electrons. The number of carbonyl (C=O) groups is 1. The molecule has 0 aliphatic carbocycles. The summed E-state index contributed by atoms with van der Waals surface area (Å²) in [5.74, 6) is 0.516. The Bertz CT molecular complexity index is 834. The highest BCUT2D eigenvalue weighted by atomic mass is 32.2. The topological polar surface area (TPSA) is 75.7 Å². The summed E-state index contributed by atoms with van der Waals surface area (Å²) >= 11 is 0. The van der Waals surface area contributed by atoms with Gasteiger partial charge in [0.15, 0.2) is 0 Å². The molecule has 0 heterocycles. The van der Waals surface area contributed by atoms with E-state index in [1.54, 1.807) is 17.0 Å². The second kappa shape index (κ2) is 9.53. The zero-order valence-corrected chi connectivity index (χ0v) is 16.7. The molecule has 0 bridgehead atoms. The number of hydrogen-bond donors (Lipinski definition) is 1. The van der Waals surface area contributed by atoms with Crippen molar-refractivity contribution in [1.82, 2.24) is 9.62 Å². The van der Waals surface area contributed by atoms with Crippen molar-refractivity contribution >= 4 is 15.9 Å². The molecule has 0 unspecified atom stereocenters. The molecule has 0 atom stereocenters. The number of carbonyl (C=O) groups excluding carboxylic acids is 1. The molecule has 0 saturated heterocycles. The lowest BCUT2D eigenvalue weighted by Crippen LogP contribution is -2.37. The van der Waals surface area contributed by atoms with Crippen LogP contribution in [0.3, 0.4) is 0 Å². The molecule has 2 rings (SSSR count). The van der Waals surface area contributed by atoms with Gasteiger partial charge in [0.25, 0.3) is 0 Å². The molecule has 0 spiro atoms. The standard InChI is InChI=1S/C20H26N2O4S/c1-16(2)26-19-9-11-20(12-10-19)27(24,25)21-13-14-22(17(3)23)15-18-7-5-4-6-8-18/h4-12,16,21H,13-15H2,1-3H3. The van der Waals surface area contributed by atoms with Crippen LogP contribution in [-0.2, 0) is 21.4 Å². The number of rotatable bonds is 9. The van der Waals surface area contributed by atoms with E-state index in [2.05, 4.69) is 4.72 Å². The first-order valence-electron chi connectivity index (χ1n) is 8.84. The zero-order chi connectivity index (χ0) is 19.9. The van der Waals surface area contributed by atoms with Crippen LogP contribution in [0.4, 0.5) is 0 Å². The molecule has 0 fully saturated rings. The maximum Gasteiger partial charge on any atom is 0.240 e. The van der Waals surface area contributed by atoms with Gasteiger partial charge in [0.2, 0.25) is 15.9 Å². The SMILES string of the molecule is CC(=O)N(CCNS(=O)(=O)c1ccc(OC(C)C)cc1)Cc1ccccc1. The minimum Gasteiger partial charge on any atom is -0.491 e. The first kappa shape index (κ1) is 20.9. The molecule has 1 amide bonds. The molecular formula is C20H26N2O4S. The van der Waals surface area contributed by atoms with Crippen molar-refractivity contribution in [3.05, 3.63) is 60.2 Å². The number of nitrogens with one attached hydrogen (secondary N) is 1. The highest BCUT2D eigenvalue weighted by Crippen LogP contribution is 2.17. The fourth-order valence-electron chi connectivity index (χ4n) is 2.52. The lowest BCUT2D eigenvalue weighted by molar-refractivity contribution is -0.129. The quantitative estimate of drug-likeness (QED) is 0.714. The minimum atomic E-state index is -3.64. The molecule has 2 aromatic rings. The van der Waals surface area contributed by atoms with Crippen LogP contribution in [0.5, 0.6) is 5.75 Å². The molecule has 2 aromatic carbocycles. The Morgan fingerprint density at radius 2 is 1.70 bits per heavy atom. The third-order valence-electron chi connectivity index (χ3n) is 3.84. The normalized spacial score (nSPS) is 11.4. The molecular weight excluding hydrogens is 364 g/mol. The maximum absolute atomic E-state index is 12.4. The summed E-state index contributed by atoms with van der Waals surface area (Å²) in [7, 11) is -3.64. The molecule has 146 valence electrons. The molecule has 27 heavy (non-hydrogen) atoms. The number of nitrogens with zero attached hydrogens (tertiary/aromatic N) is 1. The van der Waals surface area contributed by atoms with Crippen LogP contribution in [0, 0.1) is 0 Å². The number of hydrogen-bond acceptors (Lipinski definition) is 4. The van der Waals surface area contributed by atoms with Gasteiger partial charge >= 0.3 is 0 Å². The summed E-state index contributed by atoms with van der Waals surface area (Å²) in [6.07, 6.45) is 0.0211. The van der Waals surface area contributed by atoms with Crippen LogP contribution in [0.1, 0.15) is 26.3 Å². The van der Waals surface area contributed by atoms with Gasteiger partial charge in [-0.05, 0) is 43.7 Å². The second-order valence-electron chi connectivity index (χ2n) is 6.46. The van der Waals surface area contributed by atoms with E-state index in [1.165, 1.54) is 19.1 Å². The van der Waals surface area contributed by atoms with Crippen molar-refractivity contribution in [2.24, 2.45) is 0 Å². The fourth-order valence-corrected chi connectivity index (χ4v) is 3.54. The van der Waals surface area contributed by atoms with Gasteiger partial charge in [0.1, 0.15) is 5.75 Å². The molecule has 7 heteroatoms. The van der Waals surface area contributed by atoms with Crippen molar-refractivity contribution in [3.63, 3.8) is 0 Å². The average molecular weight is 391 g/mol. The van der Waals surface area contributed by atoms with E-state index in [-0.39, 0.29) is 30.0 Å². The summed E-state index contributed by atoms with van der Waals surface area (Å²) in [5.41, 5.74) is 0.997. The summed E-state index contributed by atoms with van der Waals surface area (Å²) in [6, 6.07) is 15.9. The Balaban J connectivity index is 1.94.